The summed E-state index contributed by atoms with van der Waals surface area (Å²) in [4.78, 5) is 40.3. The van der Waals surface area contributed by atoms with Gasteiger partial charge in [0.25, 0.3) is 52.3 Å². The smallest absolute Gasteiger partial charge is 0.333 e. The van der Waals surface area contributed by atoms with Crippen LogP contribution in [0, 0.1) is 0 Å². The summed E-state index contributed by atoms with van der Waals surface area (Å²) in [5, 5.41) is 3.73. The molecular formula is C38H48N3O16S4+. The number of carbonyl (C=O) groups excluding carboxylic acids is 3. The number of allylic oxidation sites excluding steroid dienone is 4. The highest BCUT2D eigenvalue weighted by Gasteiger charge is 2.48. The summed E-state index contributed by atoms with van der Waals surface area (Å²) in [5.41, 5.74) is 1.23. The maximum Gasteiger partial charge on any atom is 0.333 e. The van der Waals surface area contributed by atoms with E-state index in [2.05, 4.69) is 5.32 Å². The Labute approximate surface area is 354 Å². The van der Waals surface area contributed by atoms with E-state index >= 15 is 0 Å². The first-order valence-corrected chi connectivity index (χ1v) is 25.3. The summed E-state index contributed by atoms with van der Waals surface area (Å²) in [5.74, 6) is -3.18. The van der Waals surface area contributed by atoms with Gasteiger partial charge in [0, 0.05) is 60.2 Å². The van der Waals surface area contributed by atoms with Crippen molar-refractivity contribution < 1.29 is 75.7 Å². The molecule has 1 saturated heterocycles. The van der Waals surface area contributed by atoms with Crippen molar-refractivity contribution >= 4 is 75.3 Å². The number of hydrogen-bond donors (Lipinski definition) is 5. The van der Waals surface area contributed by atoms with Gasteiger partial charge in [-0.25, -0.2) is 4.79 Å². The lowest BCUT2D eigenvalue weighted by Crippen LogP contribution is -2.32. The van der Waals surface area contributed by atoms with Gasteiger partial charge < -0.3 is 10.2 Å². The van der Waals surface area contributed by atoms with Crippen molar-refractivity contribution in [2.24, 2.45) is 0 Å². The van der Waals surface area contributed by atoms with Crippen LogP contribution in [0.4, 0.5) is 11.4 Å². The third-order valence-electron chi connectivity index (χ3n) is 11.1. The molecule has 3 aliphatic rings. The highest BCUT2D eigenvalue weighted by atomic mass is 32.2. The average Bonchev–Trinajstić information content (AvgIpc) is 3.67. The zero-order valence-corrected chi connectivity index (χ0v) is 36.8. The van der Waals surface area contributed by atoms with E-state index in [9.17, 15) is 66.3 Å². The fourth-order valence-electron chi connectivity index (χ4n) is 8.02. The monoisotopic (exact) mass is 930 g/mol. The predicted molar refractivity (Wildman–Crippen MR) is 219 cm³/mol. The van der Waals surface area contributed by atoms with Crippen LogP contribution in [0.25, 0.3) is 0 Å². The Bertz CT molecular complexity index is 2680. The van der Waals surface area contributed by atoms with Crippen molar-refractivity contribution in [3.05, 3.63) is 70.9 Å². The number of carbonyl (C=O) groups is 3. The lowest BCUT2D eigenvalue weighted by Gasteiger charge is -2.27. The van der Waals surface area contributed by atoms with Gasteiger partial charge in [0.05, 0.1) is 26.7 Å². The fourth-order valence-corrected chi connectivity index (χ4v) is 10.1. The van der Waals surface area contributed by atoms with Crippen LogP contribution in [0.1, 0.15) is 96.1 Å². The van der Waals surface area contributed by atoms with Gasteiger partial charge in [-0.15, -0.1) is 5.06 Å². The van der Waals surface area contributed by atoms with E-state index in [4.69, 9.17) is 4.84 Å². The molecule has 2 aromatic carbocycles. The Kier molecular flexibility index (Phi) is 13.9. The van der Waals surface area contributed by atoms with Gasteiger partial charge in [-0.05, 0) is 107 Å². The molecule has 19 nitrogen and oxygen atoms in total. The summed E-state index contributed by atoms with van der Waals surface area (Å²) in [6, 6.07) is 7.95. The van der Waals surface area contributed by atoms with Gasteiger partial charge in [0.2, 0.25) is 5.69 Å². The highest BCUT2D eigenvalue weighted by Crippen LogP contribution is 2.48. The standard InChI is InChI=1S/C38H47N3O16S4/c1-25(21-32-37(2,16-7-19-58(45,46)47)28-23-26(60(51,52)53)10-12-30(28)39-32)22-33-38(3,17-8-20-59(48,49)50)29-24-27(61(54,55)56)11-13-31(29)40(33)18-6-4-5-9-36(44)57-41-34(42)14-15-35(41)43/h10-13,21-24H,4-9,14-20H2,1-3H3,(H4,45,46,47,48,49,50,51,52,53,54,55,56)/p+1. The molecule has 0 aromatic heterocycles. The number of rotatable bonds is 19. The van der Waals surface area contributed by atoms with E-state index in [-0.39, 0.29) is 51.5 Å². The number of nitrogens with zero attached hydrogens (tertiary/aromatic N) is 2. The molecule has 0 aliphatic carbocycles. The van der Waals surface area contributed by atoms with Gasteiger partial charge in [0.15, 0.2) is 5.71 Å². The van der Waals surface area contributed by atoms with E-state index in [1.54, 1.807) is 32.9 Å². The molecule has 23 heteroatoms. The lowest BCUT2D eigenvalue weighted by atomic mass is 9.75. The lowest BCUT2D eigenvalue weighted by molar-refractivity contribution is -0.438. The quantitative estimate of drug-likeness (QED) is 0.0569. The molecule has 0 bridgehead atoms. The molecule has 3 aliphatic heterocycles. The first-order valence-electron chi connectivity index (χ1n) is 19.2. The van der Waals surface area contributed by atoms with Gasteiger partial charge in [-0.2, -0.15) is 38.2 Å². The molecule has 5 N–H and O–H groups in total. The van der Waals surface area contributed by atoms with Crippen LogP contribution in [0.5, 0.6) is 0 Å². The van der Waals surface area contributed by atoms with Crippen LogP contribution in [0.2, 0.25) is 0 Å². The molecule has 0 spiro atoms. The molecule has 2 aromatic rings. The van der Waals surface area contributed by atoms with Crippen LogP contribution in [0.3, 0.4) is 0 Å². The predicted octanol–water partition coefficient (Wildman–Crippen LogP) is 4.25. The van der Waals surface area contributed by atoms with Gasteiger partial charge in [0.1, 0.15) is 6.54 Å². The Morgan fingerprint density at radius 1 is 0.770 bits per heavy atom. The molecular weight excluding hydrogens is 883 g/mol. The van der Waals surface area contributed by atoms with Crippen molar-refractivity contribution in [2.45, 2.75) is 106 Å². The SMILES string of the molecule is CC(=C\C1=[N+](CCCCCC(=O)ON2C(=O)CCC2=O)c2ccc(S(=O)(=O)O)cc2C1(C)CCCS(=O)(=O)O)/C=C1/Nc2ccc(S(=O)(=O)O)cc2C1(C)CCCS(=O)(=O)O. The van der Waals surface area contributed by atoms with Crippen molar-refractivity contribution in [2.75, 3.05) is 23.4 Å². The molecule has 0 radical (unpaired) electrons. The van der Waals surface area contributed by atoms with E-state index in [1.165, 1.54) is 36.4 Å². The van der Waals surface area contributed by atoms with E-state index in [0.29, 0.717) is 63.8 Å². The normalized spacial score (nSPS) is 21.6. The number of amides is 2. The van der Waals surface area contributed by atoms with Crippen LogP contribution < -0.4 is 5.32 Å². The van der Waals surface area contributed by atoms with Crippen molar-refractivity contribution in [1.82, 2.24) is 5.06 Å². The van der Waals surface area contributed by atoms with Crippen molar-refractivity contribution in [3.8, 4) is 0 Å². The number of anilines is 1. The van der Waals surface area contributed by atoms with E-state index in [0.717, 1.165) is 0 Å². The van der Waals surface area contributed by atoms with Crippen LogP contribution >= 0.6 is 0 Å². The maximum absolute atomic E-state index is 12.4. The van der Waals surface area contributed by atoms with Crippen LogP contribution in [0.15, 0.2) is 69.6 Å². The minimum absolute atomic E-state index is 0.0404. The Balaban J connectivity index is 1.55. The largest absolute Gasteiger partial charge is 0.358 e. The van der Waals surface area contributed by atoms with Crippen LogP contribution in [-0.4, -0.2) is 103 Å². The summed E-state index contributed by atoms with van der Waals surface area (Å²) < 4.78 is 137. The number of nitrogens with one attached hydrogen (secondary N) is 1. The second kappa shape index (κ2) is 17.8. The number of imide groups is 1. The molecule has 0 saturated carbocycles. The fraction of sp³-hybridized carbons (Fsp3) is 0.474. The first-order chi connectivity index (χ1) is 28.1. The third kappa shape index (κ3) is 11.4. The minimum Gasteiger partial charge on any atom is -0.358 e. The third-order valence-corrected chi connectivity index (χ3v) is 14.4. The topological polar surface area (TPSA) is 296 Å². The summed E-state index contributed by atoms with van der Waals surface area (Å²) in [6.07, 6.45) is 4.55. The zero-order chi connectivity index (χ0) is 45.3. The molecule has 2 atom stereocenters. The highest BCUT2D eigenvalue weighted by molar-refractivity contribution is 7.86. The molecule has 334 valence electrons. The average molecular weight is 931 g/mol. The van der Waals surface area contributed by atoms with Crippen molar-refractivity contribution in [3.63, 3.8) is 0 Å². The Morgan fingerprint density at radius 2 is 1.31 bits per heavy atom. The number of fused-ring (bicyclic) bond motifs is 2. The Hall–Kier alpha value is -4.36. The second-order valence-corrected chi connectivity index (χ2v) is 21.7. The van der Waals surface area contributed by atoms with Gasteiger partial charge in [-0.3, -0.25) is 27.8 Å². The summed E-state index contributed by atoms with van der Waals surface area (Å²) in [6.45, 7) is 5.50. The van der Waals surface area contributed by atoms with Gasteiger partial charge >= 0.3 is 5.97 Å². The Morgan fingerprint density at radius 3 is 1.87 bits per heavy atom. The summed E-state index contributed by atoms with van der Waals surface area (Å²) in [7, 11) is -18.1. The zero-order valence-electron chi connectivity index (χ0n) is 33.5. The molecule has 3 heterocycles. The van der Waals surface area contributed by atoms with E-state index in [1.807, 2.05) is 4.58 Å². The molecule has 5 rings (SSSR count). The number of unbranched alkanes of at least 4 members (excludes halogenated alkanes) is 2. The van der Waals surface area contributed by atoms with E-state index < -0.39 is 90.4 Å². The number of hydroxylamine groups is 2. The molecule has 2 amide bonds. The van der Waals surface area contributed by atoms with Crippen LogP contribution in [-0.2, 0) is 70.5 Å². The maximum atomic E-state index is 12.4. The molecule has 2 unspecified atom stereocenters. The first kappa shape index (κ1) is 47.7. The summed E-state index contributed by atoms with van der Waals surface area (Å²) >= 11 is 0. The second-order valence-electron chi connectivity index (χ2n) is 15.7. The number of benzene rings is 2. The number of hydrogen-bond acceptors (Lipinski definition) is 13. The minimum atomic E-state index is -4.70. The van der Waals surface area contributed by atoms with Crippen molar-refractivity contribution in [1.29, 1.82) is 0 Å². The molecule has 61 heavy (non-hydrogen) atoms. The molecule has 1 fully saturated rings. The van der Waals surface area contributed by atoms with Gasteiger partial charge in [-0.1, -0.05) is 0 Å².